The second-order valence-electron chi connectivity index (χ2n) is 5.28. The summed E-state index contributed by atoms with van der Waals surface area (Å²) in [6.07, 6.45) is 2.84. The zero-order chi connectivity index (χ0) is 18.2. The molecule has 0 aliphatic heterocycles. The number of amides is 1. The van der Waals surface area contributed by atoms with E-state index in [4.69, 9.17) is 20.9 Å². The van der Waals surface area contributed by atoms with Gasteiger partial charge in [-0.3, -0.25) is 4.79 Å². The molecule has 25 heavy (non-hydrogen) atoms. The number of aromatic nitrogens is 1. The Kier molecular flexibility index (Phi) is 7.33. The van der Waals surface area contributed by atoms with Crippen molar-refractivity contribution >= 4 is 35.2 Å². The number of thioether (sulfide) groups is 1. The fraction of sp³-hybridized carbons (Fsp3) is 0.353. The van der Waals surface area contributed by atoms with Gasteiger partial charge in [-0.2, -0.15) is 11.8 Å². The van der Waals surface area contributed by atoms with Crippen LogP contribution in [0.5, 0.6) is 0 Å². The number of hydrogen-bond donors (Lipinski definition) is 1. The van der Waals surface area contributed by atoms with Crippen molar-refractivity contribution in [3.8, 4) is 0 Å². The summed E-state index contributed by atoms with van der Waals surface area (Å²) in [5, 5.41) is 7.14. The predicted octanol–water partition coefficient (Wildman–Crippen LogP) is 2.94. The van der Waals surface area contributed by atoms with Gasteiger partial charge in [0.25, 0.3) is 5.91 Å². The van der Waals surface area contributed by atoms with E-state index in [2.05, 4.69) is 10.5 Å². The Morgan fingerprint density at radius 3 is 2.84 bits per heavy atom. The van der Waals surface area contributed by atoms with E-state index in [-0.39, 0.29) is 5.76 Å². The van der Waals surface area contributed by atoms with Crippen molar-refractivity contribution in [2.24, 2.45) is 0 Å². The maximum absolute atomic E-state index is 12.3. The molecular formula is C17H19ClN2O4S. The lowest BCUT2D eigenvalue weighted by atomic mass is 10.1. The van der Waals surface area contributed by atoms with E-state index in [0.29, 0.717) is 29.3 Å². The van der Waals surface area contributed by atoms with Gasteiger partial charge >= 0.3 is 5.97 Å². The van der Waals surface area contributed by atoms with Crippen molar-refractivity contribution in [3.63, 3.8) is 0 Å². The van der Waals surface area contributed by atoms with Crippen LogP contribution in [0.15, 0.2) is 34.9 Å². The summed E-state index contributed by atoms with van der Waals surface area (Å²) >= 11 is 7.70. The molecule has 1 aromatic heterocycles. The number of benzene rings is 1. The van der Waals surface area contributed by atoms with Crippen LogP contribution in [0, 0.1) is 0 Å². The van der Waals surface area contributed by atoms with Crippen LogP contribution < -0.4 is 5.32 Å². The molecule has 2 rings (SSSR count). The van der Waals surface area contributed by atoms with Crippen LogP contribution in [0.25, 0.3) is 0 Å². The van der Waals surface area contributed by atoms with Gasteiger partial charge in [-0.1, -0.05) is 35.0 Å². The Morgan fingerprint density at radius 1 is 1.40 bits per heavy atom. The molecule has 0 radical (unpaired) electrons. The molecule has 2 aromatic rings. The fourth-order valence-electron chi connectivity index (χ4n) is 2.20. The molecule has 0 fully saturated rings. The molecule has 0 aliphatic rings. The third kappa shape index (κ3) is 5.51. The van der Waals surface area contributed by atoms with Gasteiger partial charge < -0.3 is 14.6 Å². The third-order valence-corrected chi connectivity index (χ3v) is 4.53. The van der Waals surface area contributed by atoms with Crippen molar-refractivity contribution in [2.45, 2.75) is 18.9 Å². The highest BCUT2D eigenvalue weighted by molar-refractivity contribution is 7.98. The number of carbonyl (C=O) groups is 2. The first-order valence-electron chi connectivity index (χ1n) is 7.61. The topological polar surface area (TPSA) is 81.4 Å². The van der Waals surface area contributed by atoms with Gasteiger partial charge in [-0.15, -0.1) is 0 Å². The molecule has 0 spiro atoms. The zero-order valence-electron chi connectivity index (χ0n) is 14.0. The van der Waals surface area contributed by atoms with Crippen LogP contribution >= 0.6 is 23.4 Å². The minimum Gasteiger partial charge on any atom is -0.467 e. The average molecular weight is 383 g/mol. The first-order chi connectivity index (χ1) is 12.0. The minimum atomic E-state index is -0.720. The van der Waals surface area contributed by atoms with E-state index in [1.165, 1.54) is 7.11 Å². The number of carbonyl (C=O) groups excluding carboxylic acids is 2. The Hall–Kier alpha value is -1.99. The highest BCUT2D eigenvalue weighted by Crippen LogP contribution is 2.19. The summed E-state index contributed by atoms with van der Waals surface area (Å²) in [5.74, 6) is -0.235. The summed E-state index contributed by atoms with van der Waals surface area (Å²) in [6.45, 7) is 0. The van der Waals surface area contributed by atoms with Gasteiger partial charge in [-0.05, 0) is 30.1 Å². The zero-order valence-corrected chi connectivity index (χ0v) is 15.5. The minimum absolute atomic E-state index is 0.0418. The molecule has 0 saturated carbocycles. The van der Waals surface area contributed by atoms with Gasteiger partial charge in [0.1, 0.15) is 6.04 Å². The van der Waals surface area contributed by atoms with Crippen LogP contribution in [0.1, 0.15) is 28.2 Å². The quantitative estimate of drug-likeness (QED) is 0.707. The largest absolute Gasteiger partial charge is 0.467 e. The van der Waals surface area contributed by atoms with E-state index >= 15 is 0 Å². The average Bonchev–Trinajstić information content (AvgIpc) is 3.08. The smallest absolute Gasteiger partial charge is 0.328 e. The highest BCUT2D eigenvalue weighted by Gasteiger charge is 2.24. The third-order valence-electron chi connectivity index (χ3n) is 3.51. The number of esters is 1. The van der Waals surface area contributed by atoms with Gasteiger partial charge in [0.2, 0.25) is 5.76 Å². The molecule has 8 heteroatoms. The molecule has 0 saturated heterocycles. The summed E-state index contributed by atoms with van der Waals surface area (Å²) in [6, 6.07) is 8.21. The Bertz CT molecular complexity index is 735. The molecular weight excluding hydrogens is 364 g/mol. The first-order valence-corrected chi connectivity index (χ1v) is 9.39. The maximum Gasteiger partial charge on any atom is 0.328 e. The lowest BCUT2D eigenvalue weighted by molar-refractivity contribution is -0.142. The second-order valence-corrected chi connectivity index (χ2v) is 6.67. The maximum atomic E-state index is 12.3. The Morgan fingerprint density at radius 2 is 2.16 bits per heavy atom. The molecule has 1 N–H and O–H groups in total. The predicted molar refractivity (Wildman–Crippen MR) is 97.0 cm³/mol. The lowest BCUT2D eigenvalue weighted by Crippen LogP contribution is -2.41. The van der Waals surface area contributed by atoms with E-state index in [0.717, 1.165) is 5.56 Å². The van der Waals surface area contributed by atoms with Crippen LogP contribution in [0.4, 0.5) is 0 Å². The molecule has 134 valence electrons. The summed E-state index contributed by atoms with van der Waals surface area (Å²) in [4.78, 5) is 24.0. The normalized spacial score (nSPS) is 11.8. The molecule has 0 bridgehead atoms. The van der Waals surface area contributed by atoms with Gasteiger partial charge in [0.15, 0.2) is 0 Å². The highest BCUT2D eigenvalue weighted by atomic mass is 35.5. The van der Waals surface area contributed by atoms with Crippen molar-refractivity contribution in [1.82, 2.24) is 10.5 Å². The molecule has 1 heterocycles. The molecule has 1 amide bonds. The standard InChI is InChI=1S/C17H19ClN2O4S/c1-23-17(22)14(7-8-25-2)19-16(21)15-10-12(20-24-15)9-11-5-3-4-6-13(11)18/h3-6,10,14H,7-9H2,1-2H3,(H,19,21). The van der Waals surface area contributed by atoms with Crippen LogP contribution in [-0.2, 0) is 16.0 Å². The van der Waals surface area contributed by atoms with E-state index in [9.17, 15) is 9.59 Å². The van der Waals surface area contributed by atoms with Gasteiger partial charge in [0.05, 0.1) is 12.8 Å². The van der Waals surface area contributed by atoms with Gasteiger partial charge in [0, 0.05) is 17.5 Å². The number of nitrogens with one attached hydrogen (secondary N) is 1. The summed E-state index contributed by atoms with van der Waals surface area (Å²) < 4.78 is 9.81. The number of hydrogen-bond acceptors (Lipinski definition) is 6. The monoisotopic (exact) mass is 382 g/mol. The van der Waals surface area contributed by atoms with Crippen LogP contribution in [0.3, 0.4) is 0 Å². The van der Waals surface area contributed by atoms with E-state index < -0.39 is 17.9 Å². The lowest BCUT2D eigenvalue weighted by Gasteiger charge is -2.14. The molecule has 1 aromatic carbocycles. The van der Waals surface area contributed by atoms with E-state index in [1.807, 2.05) is 24.5 Å². The number of rotatable bonds is 8. The first kappa shape index (κ1) is 19.3. The van der Waals surface area contributed by atoms with Crippen molar-refractivity contribution in [3.05, 3.63) is 52.4 Å². The van der Waals surface area contributed by atoms with Gasteiger partial charge in [-0.25, -0.2) is 4.79 Å². The number of halogens is 1. The van der Waals surface area contributed by atoms with Crippen molar-refractivity contribution in [1.29, 1.82) is 0 Å². The molecule has 1 atom stereocenters. The second kappa shape index (κ2) is 9.48. The molecule has 1 unspecified atom stereocenters. The number of ether oxygens (including phenoxy) is 1. The van der Waals surface area contributed by atoms with Crippen LogP contribution in [0.2, 0.25) is 5.02 Å². The summed E-state index contributed by atoms with van der Waals surface area (Å²) in [7, 11) is 1.29. The summed E-state index contributed by atoms with van der Waals surface area (Å²) in [5.41, 5.74) is 1.47. The van der Waals surface area contributed by atoms with Crippen molar-refractivity contribution < 1.29 is 18.8 Å². The van der Waals surface area contributed by atoms with Crippen molar-refractivity contribution in [2.75, 3.05) is 19.1 Å². The molecule has 0 aliphatic carbocycles. The van der Waals surface area contributed by atoms with E-state index in [1.54, 1.807) is 23.9 Å². The Balaban J connectivity index is 2.03. The SMILES string of the molecule is COC(=O)C(CCSC)NC(=O)c1cc(Cc2ccccc2Cl)no1. The number of methoxy groups -OCH3 is 1. The Labute approximate surface area is 155 Å². The number of nitrogens with zero attached hydrogens (tertiary/aromatic N) is 1. The fourth-order valence-corrected chi connectivity index (χ4v) is 2.87. The van der Waals surface area contributed by atoms with Crippen LogP contribution in [-0.4, -0.2) is 42.2 Å². The molecule has 6 nitrogen and oxygen atoms in total.